The molecule has 0 aliphatic heterocycles. The van der Waals surface area contributed by atoms with Crippen molar-refractivity contribution in [2.45, 2.75) is 26.3 Å². The van der Waals surface area contributed by atoms with Crippen LogP contribution in [0, 0.1) is 5.92 Å². The molecule has 0 fully saturated rings. The van der Waals surface area contributed by atoms with E-state index < -0.39 is 12.0 Å². The molecule has 3 nitrogen and oxygen atoms in total. The molecule has 0 heterocycles. The number of hydrogen-bond donors (Lipinski definition) is 2. The Morgan fingerprint density at radius 3 is 2.33 bits per heavy atom. The number of aliphatic carboxylic acids is 1. The molecule has 0 aromatic carbocycles. The van der Waals surface area contributed by atoms with E-state index in [4.69, 9.17) is 10.8 Å². The zero-order valence-corrected chi connectivity index (χ0v) is 5.79. The summed E-state index contributed by atoms with van der Waals surface area (Å²) in [6.07, 6.45) is 0.813. The molecule has 0 aromatic heterocycles. The van der Waals surface area contributed by atoms with E-state index in [-0.39, 0.29) is 5.92 Å². The Morgan fingerprint density at radius 2 is 2.22 bits per heavy atom. The first-order valence-corrected chi connectivity index (χ1v) is 3.08. The van der Waals surface area contributed by atoms with Gasteiger partial charge in [-0.15, -0.1) is 0 Å². The van der Waals surface area contributed by atoms with Crippen LogP contribution in [-0.2, 0) is 4.79 Å². The first-order chi connectivity index (χ1) is 4.09. The Kier molecular flexibility index (Phi) is 3.24. The lowest BCUT2D eigenvalue weighted by atomic mass is 10.2. The Bertz CT molecular complexity index is 103. The smallest absolute Gasteiger partial charge is 0.320 e. The highest BCUT2D eigenvalue weighted by atomic mass is 16.4. The molecular weight excluding hydrogens is 119 g/mol. The van der Waals surface area contributed by atoms with Gasteiger partial charge in [-0.05, 0) is 5.92 Å². The molecule has 0 unspecified atom stereocenters. The normalized spacial score (nSPS) is 16.8. The third kappa shape index (κ3) is 2.46. The highest BCUT2D eigenvalue weighted by Crippen LogP contribution is 2.04. The fraction of sp³-hybridized carbons (Fsp3) is 0.833. The Morgan fingerprint density at radius 1 is 1.78 bits per heavy atom. The van der Waals surface area contributed by atoms with E-state index in [1.54, 1.807) is 0 Å². The monoisotopic (exact) mass is 132 g/mol. The number of hydrogen-bond acceptors (Lipinski definition) is 2. The molecule has 0 radical (unpaired) electrons. The third-order valence-electron chi connectivity index (χ3n) is 1.54. The SMILES string of the molecule is CC[C@H](C)[13C@H](N)C(=O)O. The average molecular weight is 132 g/mol. The van der Waals surface area contributed by atoms with Gasteiger partial charge >= 0.3 is 5.97 Å². The van der Waals surface area contributed by atoms with Crippen LogP contribution in [-0.4, -0.2) is 17.1 Å². The van der Waals surface area contributed by atoms with E-state index in [0.717, 1.165) is 6.42 Å². The first kappa shape index (κ1) is 8.43. The standard InChI is InChI=1S/C6H13NO2/c1-3-4(2)5(7)6(8)9/h4-5H,3,7H2,1-2H3,(H,8,9)/t4-,5-/m0/s1/i5+1. The van der Waals surface area contributed by atoms with E-state index in [0.29, 0.717) is 0 Å². The molecule has 0 aliphatic rings. The van der Waals surface area contributed by atoms with Crippen LogP contribution in [0.3, 0.4) is 0 Å². The number of carboxylic acid groups (broad SMARTS) is 1. The van der Waals surface area contributed by atoms with E-state index in [9.17, 15) is 4.79 Å². The van der Waals surface area contributed by atoms with E-state index >= 15 is 0 Å². The largest absolute Gasteiger partial charge is 0.480 e. The molecule has 0 amide bonds. The summed E-state index contributed by atoms with van der Waals surface area (Å²) in [4.78, 5) is 10.2. The van der Waals surface area contributed by atoms with Crippen LogP contribution in [0.1, 0.15) is 20.3 Å². The second-order valence-corrected chi connectivity index (χ2v) is 2.25. The van der Waals surface area contributed by atoms with Gasteiger partial charge in [-0.1, -0.05) is 20.3 Å². The summed E-state index contributed by atoms with van der Waals surface area (Å²) in [6, 6.07) is -0.699. The number of rotatable bonds is 3. The van der Waals surface area contributed by atoms with Crippen molar-refractivity contribution in [2.75, 3.05) is 0 Å². The minimum absolute atomic E-state index is 0.0718. The Labute approximate surface area is 54.9 Å². The number of carbonyl (C=O) groups is 1. The van der Waals surface area contributed by atoms with Crippen LogP contribution < -0.4 is 5.73 Å². The summed E-state index contributed by atoms with van der Waals surface area (Å²) >= 11 is 0. The molecule has 2 atom stereocenters. The molecule has 3 heteroatoms. The minimum atomic E-state index is -0.913. The molecule has 0 spiro atoms. The van der Waals surface area contributed by atoms with Gasteiger partial charge in [-0.2, -0.15) is 0 Å². The average Bonchev–Trinajstić information content (AvgIpc) is 1.84. The lowest BCUT2D eigenvalue weighted by Crippen LogP contribution is -2.36. The summed E-state index contributed by atoms with van der Waals surface area (Å²) in [7, 11) is 0. The highest BCUT2D eigenvalue weighted by Gasteiger charge is 2.17. The molecule has 0 saturated carbocycles. The maximum atomic E-state index is 10.2. The van der Waals surface area contributed by atoms with E-state index in [1.807, 2.05) is 13.8 Å². The van der Waals surface area contributed by atoms with E-state index in [1.165, 1.54) is 0 Å². The fourth-order valence-corrected chi connectivity index (χ4v) is 0.497. The molecule has 0 saturated heterocycles. The second-order valence-electron chi connectivity index (χ2n) is 2.25. The van der Waals surface area contributed by atoms with Gasteiger partial charge < -0.3 is 10.8 Å². The molecule has 0 rings (SSSR count). The maximum Gasteiger partial charge on any atom is 0.320 e. The summed E-state index contributed by atoms with van der Waals surface area (Å²) in [5, 5.41) is 8.36. The fourth-order valence-electron chi connectivity index (χ4n) is 0.497. The predicted molar refractivity (Wildman–Crippen MR) is 35.1 cm³/mol. The number of carboxylic acids is 1. The summed E-state index contributed by atoms with van der Waals surface area (Å²) in [6.45, 7) is 3.76. The summed E-state index contributed by atoms with van der Waals surface area (Å²) < 4.78 is 0. The van der Waals surface area contributed by atoms with Gasteiger partial charge in [0.25, 0.3) is 0 Å². The molecule has 3 N–H and O–H groups in total. The van der Waals surface area contributed by atoms with Crippen LogP contribution in [0.25, 0.3) is 0 Å². The quantitative estimate of drug-likeness (QED) is 0.548. The molecule has 54 valence electrons. The summed E-state index contributed by atoms with van der Waals surface area (Å²) in [5.74, 6) is -0.841. The molecule has 9 heavy (non-hydrogen) atoms. The van der Waals surface area contributed by atoms with Crippen LogP contribution in [0.4, 0.5) is 0 Å². The van der Waals surface area contributed by atoms with Crippen LogP contribution in [0.5, 0.6) is 0 Å². The van der Waals surface area contributed by atoms with Crippen molar-refractivity contribution in [2.24, 2.45) is 11.7 Å². The second kappa shape index (κ2) is 3.45. The molecule has 0 aliphatic carbocycles. The zero-order valence-electron chi connectivity index (χ0n) is 5.79. The van der Waals surface area contributed by atoms with Crippen molar-refractivity contribution in [3.05, 3.63) is 0 Å². The molecule has 0 aromatic rings. The van der Waals surface area contributed by atoms with E-state index in [2.05, 4.69) is 0 Å². The Hall–Kier alpha value is -0.570. The topological polar surface area (TPSA) is 63.3 Å². The van der Waals surface area contributed by atoms with Crippen LogP contribution in [0.2, 0.25) is 0 Å². The van der Waals surface area contributed by atoms with Crippen molar-refractivity contribution < 1.29 is 9.90 Å². The lowest BCUT2D eigenvalue weighted by molar-refractivity contribution is -0.139. The predicted octanol–water partition coefficient (Wildman–Crippen LogP) is 0.444. The van der Waals surface area contributed by atoms with Gasteiger partial charge in [-0.25, -0.2) is 0 Å². The van der Waals surface area contributed by atoms with Gasteiger partial charge in [0, 0.05) is 0 Å². The van der Waals surface area contributed by atoms with Crippen molar-refractivity contribution in [1.29, 1.82) is 0 Å². The third-order valence-corrected chi connectivity index (χ3v) is 1.54. The highest BCUT2D eigenvalue weighted by molar-refractivity contribution is 5.73. The number of nitrogens with two attached hydrogens (primary N) is 1. The molecule has 0 bridgehead atoms. The Balaban J connectivity index is 3.72. The van der Waals surface area contributed by atoms with Crippen molar-refractivity contribution in [3.8, 4) is 0 Å². The van der Waals surface area contributed by atoms with Crippen molar-refractivity contribution >= 4 is 5.97 Å². The van der Waals surface area contributed by atoms with Crippen molar-refractivity contribution in [1.82, 2.24) is 0 Å². The lowest BCUT2D eigenvalue weighted by Gasteiger charge is -2.11. The first-order valence-electron chi connectivity index (χ1n) is 3.08. The van der Waals surface area contributed by atoms with Gasteiger partial charge in [0.2, 0.25) is 0 Å². The van der Waals surface area contributed by atoms with Gasteiger partial charge in [-0.3, -0.25) is 4.79 Å². The van der Waals surface area contributed by atoms with Crippen LogP contribution in [0.15, 0.2) is 0 Å². The van der Waals surface area contributed by atoms with Gasteiger partial charge in [0.1, 0.15) is 6.04 Å². The minimum Gasteiger partial charge on any atom is -0.480 e. The maximum absolute atomic E-state index is 10.2. The summed E-state index contributed by atoms with van der Waals surface area (Å²) in [5.41, 5.74) is 5.27. The van der Waals surface area contributed by atoms with Gasteiger partial charge in [0.15, 0.2) is 0 Å². The zero-order chi connectivity index (χ0) is 7.44. The van der Waals surface area contributed by atoms with Crippen LogP contribution >= 0.6 is 0 Å². The molecular formula is C6H13NO2. The van der Waals surface area contributed by atoms with Crippen molar-refractivity contribution in [3.63, 3.8) is 0 Å². The van der Waals surface area contributed by atoms with Gasteiger partial charge in [0.05, 0.1) is 0 Å².